The first-order chi connectivity index (χ1) is 19.6. The van der Waals surface area contributed by atoms with Gasteiger partial charge in [-0.1, -0.05) is 68.4 Å². The molecule has 1 atom stereocenters. The zero-order valence-electron chi connectivity index (χ0n) is 25.4. The lowest BCUT2D eigenvalue weighted by atomic mass is 10.0. The van der Waals surface area contributed by atoms with Crippen LogP contribution in [0.5, 0.6) is 0 Å². The van der Waals surface area contributed by atoms with Gasteiger partial charge >= 0.3 is 0 Å². The molecule has 1 unspecified atom stereocenters. The maximum atomic E-state index is 4.96. The molecule has 8 heteroatoms. The molecule has 2 fully saturated rings. The van der Waals surface area contributed by atoms with Crippen molar-refractivity contribution >= 4 is 18.1 Å². The lowest BCUT2D eigenvalue weighted by Crippen LogP contribution is -2.56. The van der Waals surface area contributed by atoms with Gasteiger partial charge in [-0.05, 0) is 52.2 Å². The number of guanidine groups is 2. The first-order valence-electron chi connectivity index (χ1n) is 15.2. The highest BCUT2D eigenvalue weighted by atomic mass is 15.4. The molecule has 0 aromatic rings. The minimum absolute atomic E-state index is 0.0153. The van der Waals surface area contributed by atoms with Crippen molar-refractivity contribution in [1.29, 1.82) is 0 Å². The minimum Gasteiger partial charge on any atom is -0.353 e. The number of hydrogen-bond acceptors (Lipinski definition) is 4. The van der Waals surface area contributed by atoms with E-state index in [4.69, 9.17) is 4.99 Å². The normalized spacial score (nSPS) is 21.3. The van der Waals surface area contributed by atoms with Crippen molar-refractivity contribution in [2.45, 2.75) is 71.5 Å². The van der Waals surface area contributed by atoms with E-state index in [0.717, 1.165) is 50.7 Å². The van der Waals surface area contributed by atoms with Crippen LogP contribution in [0.1, 0.15) is 59.3 Å². The lowest BCUT2D eigenvalue weighted by Gasteiger charge is -2.37. The van der Waals surface area contributed by atoms with Gasteiger partial charge in [-0.3, -0.25) is 9.89 Å². The van der Waals surface area contributed by atoms with E-state index >= 15 is 0 Å². The summed E-state index contributed by atoms with van der Waals surface area (Å²) in [7, 11) is 1.86. The molecule has 0 aromatic heterocycles. The molecule has 2 aliphatic carbocycles. The van der Waals surface area contributed by atoms with Crippen LogP contribution in [-0.2, 0) is 0 Å². The molecule has 0 aromatic carbocycles. The predicted octanol–water partition coefficient (Wildman–Crippen LogP) is 4.73. The predicted molar refractivity (Wildman–Crippen MR) is 172 cm³/mol. The van der Waals surface area contributed by atoms with E-state index in [9.17, 15) is 0 Å². The Balaban J connectivity index is 1.65. The highest BCUT2D eigenvalue weighted by Crippen LogP contribution is 2.25. The van der Waals surface area contributed by atoms with Crippen LogP contribution in [-0.4, -0.2) is 97.9 Å². The van der Waals surface area contributed by atoms with E-state index in [1.54, 1.807) is 6.08 Å². The first-order valence-corrected chi connectivity index (χ1v) is 15.2. The summed E-state index contributed by atoms with van der Waals surface area (Å²) in [6.45, 7) is 17.7. The van der Waals surface area contributed by atoms with Crippen LogP contribution >= 0.6 is 0 Å². The average Bonchev–Trinajstić information content (AvgIpc) is 3.50. The van der Waals surface area contributed by atoms with Gasteiger partial charge in [0.15, 0.2) is 5.96 Å². The largest absolute Gasteiger partial charge is 0.353 e. The number of piperazine rings is 1. The second-order valence-corrected chi connectivity index (χ2v) is 10.7. The van der Waals surface area contributed by atoms with E-state index < -0.39 is 0 Å². The Kier molecular flexibility index (Phi) is 13.9. The van der Waals surface area contributed by atoms with Crippen LogP contribution in [0.15, 0.2) is 75.4 Å². The Morgan fingerprint density at radius 3 is 2.48 bits per heavy atom. The van der Waals surface area contributed by atoms with Crippen molar-refractivity contribution in [3.8, 4) is 0 Å². The first kappa shape index (κ1) is 31.6. The molecule has 1 saturated heterocycles. The highest BCUT2D eigenvalue weighted by Gasteiger charge is 2.29. The maximum absolute atomic E-state index is 4.96. The third kappa shape index (κ3) is 10.2. The molecule has 2 N–H and O–H groups in total. The van der Waals surface area contributed by atoms with Crippen LogP contribution in [0.2, 0.25) is 0 Å². The van der Waals surface area contributed by atoms with Gasteiger partial charge in [0.05, 0.1) is 0 Å². The van der Waals surface area contributed by atoms with Crippen LogP contribution in [0.3, 0.4) is 0 Å². The van der Waals surface area contributed by atoms with E-state index in [-0.39, 0.29) is 6.17 Å². The van der Waals surface area contributed by atoms with Gasteiger partial charge in [0.1, 0.15) is 6.17 Å². The monoisotopic (exact) mass is 548 g/mol. The third-order valence-corrected chi connectivity index (χ3v) is 7.86. The fourth-order valence-corrected chi connectivity index (χ4v) is 5.64. The number of rotatable bonds is 11. The van der Waals surface area contributed by atoms with E-state index in [2.05, 4.69) is 74.0 Å². The van der Waals surface area contributed by atoms with Gasteiger partial charge in [-0.25, -0.2) is 9.98 Å². The fraction of sp³-hybridized carbons (Fsp3) is 0.594. The lowest BCUT2D eigenvalue weighted by molar-refractivity contribution is 0.145. The Labute approximate surface area is 243 Å². The van der Waals surface area contributed by atoms with Gasteiger partial charge in [0.25, 0.3) is 0 Å². The van der Waals surface area contributed by atoms with Crippen LogP contribution < -0.4 is 10.6 Å². The topological polar surface area (TPSA) is 70.9 Å². The SMILES string of the molecule is C=C/C=C\C=C/CNC(=NC)N(C1CCCC1)C(C)NC(N=CC)=NC1=CC=C(CN2CCN(CC)CC2)CC1. The minimum atomic E-state index is -0.0153. The number of nitrogens with one attached hydrogen (secondary N) is 2. The number of aliphatic imine (C=N–C) groups is 3. The highest BCUT2D eigenvalue weighted by molar-refractivity contribution is 5.89. The smallest absolute Gasteiger partial charge is 0.224 e. The molecule has 1 saturated carbocycles. The zero-order valence-corrected chi connectivity index (χ0v) is 25.4. The molecule has 8 nitrogen and oxygen atoms in total. The molecule has 0 spiro atoms. The van der Waals surface area contributed by atoms with Crippen LogP contribution in [0, 0.1) is 0 Å². The number of hydrogen-bond donors (Lipinski definition) is 2. The summed E-state index contributed by atoms with van der Waals surface area (Å²) in [4.78, 5) is 21.7. The Bertz CT molecular complexity index is 988. The third-order valence-electron chi connectivity index (χ3n) is 7.86. The van der Waals surface area contributed by atoms with E-state index in [1.165, 1.54) is 44.3 Å². The summed E-state index contributed by atoms with van der Waals surface area (Å²) in [5.74, 6) is 1.55. The maximum Gasteiger partial charge on any atom is 0.224 e. The summed E-state index contributed by atoms with van der Waals surface area (Å²) < 4.78 is 0. The zero-order chi connectivity index (χ0) is 28.6. The summed E-state index contributed by atoms with van der Waals surface area (Å²) in [6.07, 6.45) is 22.9. The van der Waals surface area contributed by atoms with Gasteiger partial charge in [-0.15, -0.1) is 0 Å². The second-order valence-electron chi connectivity index (χ2n) is 10.7. The standard InChI is InChI=1S/C32H52N8/c1-6-9-10-11-14-21-35-32(33-5)40(30-15-12-13-16-30)27(4)36-31(34-7-2)37-29-19-17-28(18-20-29)26-39-24-22-38(8-3)23-25-39/h6-7,9-11,14,17,19,27,30H,1,8,12-13,15-16,18,20-26H2,2-5H3,(H,33,35)(H,36,37)/b10-9-,14-11-,34-7?. The summed E-state index contributed by atoms with van der Waals surface area (Å²) in [5, 5.41) is 7.12. The quantitative estimate of drug-likeness (QED) is 0.169. The molecule has 3 aliphatic rings. The van der Waals surface area contributed by atoms with E-state index in [1.807, 2.05) is 38.4 Å². The molecule has 1 heterocycles. The molecular formula is C32H52N8. The van der Waals surface area contributed by atoms with Gasteiger partial charge in [0.2, 0.25) is 5.96 Å². The van der Waals surface area contributed by atoms with Crippen LogP contribution in [0.25, 0.3) is 0 Å². The molecule has 3 rings (SSSR count). The van der Waals surface area contributed by atoms with Crippen molar-refractivity contribution in [3.05, 3.63) is 60.4 Å². The molecular weight excluding hydrogens is 496 g/mol. The Morgan fingerprint density at radius 2 is 1.85 bits per heavy atom. The average molecular weight is 549 g/mol. The molecule has 0 bridgehead atoms. The molecule has 0 radical (unpaired) electrons. The van der Waals surface area contributed by atoms with Crippen molar-refractivity contribution in [3.63, 3.8) is 0 Å². The molecule has 40 heavy (non-hydrogen) atoms. The number of allylic oxidation sites excluding steroid dienone is 7. The molecule has 220 valence electrons. The van der Waals surface area contributed by atoms with Crippen molar-refractivity contribution in [1.82, 2.24) is 25.3 Å². The Morgan fingerprint density at radius 1 is 1.10 bits per heavy atom. The van der Waals surface area contributed by atoms with E-state index in [0.29, 0.717) is 18.5 Å². The summed E-state index contributed by atoms with van der Waals surface area (Å²) in [6, 6.07) is 0.434. The van der Waals surface area contributed by atoms with Crippen LogP contribution in [0.4, 0.5) is 0 Å². The molecule has 1 aliphatic heterocycles. The fourth-order valence-electron chi connectivity index (χ4n) is 5.64. The second kappa shape index (κ2) is 17.7. The van der Waals surface area contributed by atoms with Gasteiger partial charge < -0.3 is 20.4 Å². The Hall–Kier alpha value is -2.97. The molecule has 0 amide bonds. The van der Waals surface area contributed by atoms with Gasteiger partial charge in [-0.2, -0.15) is 0 Å². The van der Waals surface area contributed by atoms with Crippen molar-refractivity contribution in [2.24, 2.45) is 15.0 Å². The summed E-state index contributed by atoms with van der Waals surface area (Å²) >= 11 is 0. The van der Waals surface area contributed by atoms with Gasteiger partial charge in [0, 0.05) is 64.3 Å². The van der Waals surface area contributed by atoms with Crippen molar-refractivity contribution < 1.29 is 0 Å². The summed E-state index contributed by atoms with van der Waals surface area (Å²) in [5.41, 5.74) is 2.58. The van der Waals surface area contributed by atoms with Crippen molar-refractivity contribution in [2.75, 3.05) is 52.9 Å². The number of nitrogens with zero attached hydrogens (tertiary/aromatic N) is 6. The number of likely N-dealkylation sites (N-methyl/N-ethyl adjacent to an activating group) is 1.